The van der Waals surface area contributed by atoms with E-state index in [2.05, 4.69) is 35.8 Å². The minimum atomic E-state index is 0.0204. The van der Waals surface area contributed by atoms with Gasteiger partial charge >= 0.3 is 0 Å². The second kappa shape index (κ2) is 7.60. The maximum Gasteiger partial charge on any atom is 0.222 e. The summed E-state index contributed by atoms with van der Waals surface area (Å²) in [6.45, 7) is 2.79. The molecule has 1 aliphatic carbocycles. The van der Waals surface area contributed by atoms with Gasteiger partial charge in [0.15, 0.2) is 0 Å². The molecule has 0 aliphatic heterocycles. The highest BCUT2D eigenvalue weighted by Crippen LogP contribution is 2.30. The summed E-state index contributed by atoms with van der Waals surface area (Å²) >= 11 is 0. The molecule has 1 amide bonds. The van der Waals surface area contributed by atoms with Gasteiger partial charge in [0.2, 0.25) is 5.91 Å². The number of nitrogens with one attached hydrogen (secondary N) is 2. The summed E-state index contributed by atoms with van der Waals surface area (Å²) in [6, 6.07) is 8.34. The maximum absolute atomic E-state index is 12.3. The number of benzene rings is 1. The summed E-state index contributed by atoms with van der Waals surface area (Å²) in [6.07, 6.45) is 7.59. The van der Waals surface area contributed by atoms with Crippen molar-refractivity contribution < 1.29 is 4.79 Å². The molecular weight excluding hydrogens is 260 g/mol. The summed E-state index contributed by atoms with van der Waals surface area (Å²) in [7, 11) is 1.99. The normalized spacial score (nSPS) is 17.4. The van der Waals surface area contributed by atoms with Crippen LogP contribution in [0.2, 0.25) is 0 Å². The molecule has 116 valence electrons. The Balaban J connectivity index is 1.89. The molecule has 3 heteroatoms. The minimum Gasteiger partial charge on any atom is -0.352 e. The Morgan fingerprint density at radius 1 is 1.14 bits per heavy atom. The van der Waals surface area contributed by atoms with Crippen LogP contribution in [0.15, 0.2) is 24.3 Å². The minimum absolute atomic E-state index is 0.0204. The van der Waals surface area contributed by atoms with Crippen molar-refractivity contribution in [3.8, 4) is 0 Å². The van der Waals surface area contributed by atoms with E-state index in [1.165, 1.54) is 30.4 Å². The Morgan fingerprint density at radius 3 is 2.43 bits per heavy atom. The fourth-order valence-electron chi connectivity index (χ4n) is 3.38. The average Bonchev–Trinajstić information content (AvgIpc) is 2.54. The Bertz CT molecular complexity index is 464. The van der Waals surface area contributed by atoms with Crippen LogP contribution < -0.4 is 10.6 Å². The zero-order chi connectivity index (χ0) is 15.1. The lowest BCUT2D eigenvalue weighted by Gasteiger charge is -2.36. The average molecular weight is 288 g/mol. The van der Waals surface area contributed by atoms with Gasteiger partial charge < -0.3 is 10.6 Å². The standard InChI is InChI=1S/C18H28N2O/c1-3-15-9-5-6-10-16(15)14-20-17(21)13-18(19-2)11-7-4-8-12-18/h5-6,9-10,19H,3-4,7-8,11-14H2,1-2H3,(H,20,21). The highest BCUT2D eigenvalue weighted by molar-refractivity contribution is 5.77. The van der Waals surface area contributed by atoms with Gasteiger partial charge in [-0.25, -0.2) is 0 Å². The maximum atomic E-state index is 12.3. The predicted molar refractivity (Wildman–Crippen MR) is 87.2 cm³/mol. The molecule has 1 fully saturated rings. The van der Waals surface area contributed by atoms with Crippen LogP contribution in [0.25, 0.3) is 0 Å². The van der Waals surface area contributed by atoms with Crippen molar-refractivity contribution in [2.45, 2.75) is 64.0 Å². The Labute approximate surface area is 128 Å². The van der Waals surface area contributed by atoms with Crippen molar-refractivity contribution in [2.75, 3.05) is 7.05 Å². The van der Waals surface area contributed by atoms with Crippen LogP contribution in [0.1, 0.15) is 56.6 Å². The first-order valence-corrected chi connectivity index (χ1v) is 8.21. The van der Waals surface area contributed by atoms with E-state index >= 15 is 0 Å². The summed E-state index contributed by atoms with van der Waals surface area (Å²) in [5, 5.41) is 6.51. The van der Waals surface area contributed by atoms with E-state index in [1.54, 1.807) is 0 Å². The number of aryl methyl sites for hydroxylation is 1. The van der Waals surface area contributed by atoms with Gasteiger partial charge in [-0.1, -0.05) is 50.5 Å². The zero-order valence-corrected chi connectivity index (χ0v) is 13.4. The molecule has 1 aromatic carbocycles. The van der Waals surface area contributed by atoms with Crippen LogP contribution in [0.4, 0.5) is 0 Å². The lowest BCUT2D eigenvalue weighted by Crippen LogP contribution is -2.48. The quantitative estimate of drug-likeness (QED) is 0.844. The molecule has 0 aromatic heterocycles. The van der Waals surface area contributed by atoms with Gasteiger partial charge in [-0.3, -0.25) is 4.79 Å². The number of hydrogen-bond donors (Lipinski definition) is 2. The van der Waals surface area contributed by atoms with E-state index in [-0.39, 0.29) is 11.4 Å². The van der Waals surface area contributed by atoms with Crippen molar-refractivity contribution in [3.63, 3.8) is 0 Å². The van der Waals surface area contributed by atoms with Gasteiger partial charge in [-0.2, -0.15) is 0 Å². The number of hydrogen-bond acceptors (Lipinski definition) is 2. The topological polar surface area (TPSA) is 41.1 Å². The van der Waals surface area contributed by atoms with E-state index in [0.717, 1.165) is 19.3 Å². The van der Waals surface area contributed by atoms with Crippen molar-refractivity contribution in [1.82, 2.24) is 10.6 Å². The van der Waals surface area contributed by atoms with E-state index in [1.807, 2.05) is 13.1 Å². The van der Waals surface area contributed by atoms with Crippen LogP contribution in [-0.2, 0) is 17.8 Å². The van der Waals surface area contributed by atoms with Gasteiger partial charge in [0.05, 0.1) is 0 Å². The summed E-state index contributed by atoms with van der Waals surface area (Å²) in [4.78, 5) is 12.3. The van der Waals surface area contributed by atoms with Crippen LogP contribution in [0, 0.1) is 0 Å². The summed E-state index contributed by atoms with van der Waals surface area (Å²) < 4.78 is 0. The first kappa shape index (κ1) is 16.0. The second-order valence-corrected chi connectivity index (χ2v) is 6.17. The molecule has 0 radical (unpaired) electrons. The molecule has 2 N–H and O–H groups in total. The molecule has 1 saturated carbocycles. The highest BCUT2D eigenvalue weighted by atomic mass is 16.1. The number of amides is 1. The first-order valence-electron chi connectivity index (χ1n) is 8.21. The molecule has 0 spiro atoms. The third kappa shape index (κ3) is 4.31. The molecule has 21 heavy (non-hydrogen) atoms. The van der Waals surface area contributed by atoms with Crippen LogP contribution in [-0.4, -0.2) is 18.5 Å². The van der Waals surface area contributed by atoms with Gasteiger partial charge in [-0.05, 0) is 37.4 Å². The highest BCUT2D eigenvalue weighted by Gasteiger charge is 2.32. The molecule has 1 aliphatic rings. The van der Waals surface area contributed by atoms with Crippen LogP contribution >= 0.6 is 0 Å². The van der Waals surface area contributed by atoms with E-state index < -0.39 is 0 Å². The van der Waals surface area contributed by atoms with E-state index in [0.29, 0.717) is 13.0 Å². The molecule has 0 atom stereocenters. The molecule has 0 saturated heterocycles. The van der Waals surface area contributed by atoms with E-state index in [4.69, 9.17) is 0 Å². The molecular formula is C18H28N2O. The third-order valence-electron chi connectivity index (χ3n) is 4.82. The molecule has 0 bridgehead atoms. The van der Waals surface area contributed by atoms with Gasteiger partial charge in [0.1, 0.15) is 0 Å². The van der Waals surface area contributed by atoms with Gasteiger partial charge in [0.25, 0.3) is 0 Å². The van der Waals surface area contributed by atoms with Crippen LogP contribution in [0.5, 0.6) is 0 Å². The fraction of sp³-hybridized carbons (Fsp3) is 0.611. The SMILES string of the molecule is CCc1ccccc1CNC(=O)CC1(NC)CCCCC1. The Morgan fingerprint density at radius 2 is 1.81 bits per heavy atom. The fourth-order valence-corrected chi connectivity index (χ4v) is 3.38. The second-order valence-electron chi connectivity index (χ2n) is 6.17. The lowest BCUT2D eigenvalue weighted by molar-refractivity contribution is -0.123. The molecule has 2 rings (SSSR count). The van der Waals surface area contributed by atoms with Crippen molar-refractivity contribution in [1.29, 1.82) is 0 Å². The van der Waals surface area contributed by atoms with Gasteiger partial charge in [0, 0.05) is 18.5 Å². The summed E-state index contributed by atoms with van der Waals surface area (Å²) in [5.74, 6) is 0.164. The zero-order valence-electron chi connectivity index (χ0n) is 13.4. The van der Waals surface area contributed by atoms with Crippen molar-refractivity contribution in [2.24, 2.45) is 0 Å². The third-order valence-corrected chi connectivity index (χ3v) is 4.82. The lowest BCUT2D eigenvalue weighted by atomic mass is 9.79. The predicted octanol–water partition coefficient (Wildman–Crippen LogP) is 3.18. The molecule has 1 aromatic rings. The number of carbonyl (C=O) groups excluding carboxylic acids is 1. The molecule has 3 nitrogen and oxygen atoms in total. The first-order chi connectivity index (χ1) is 10.2. The monoisotopic (exact) mass is 288 g/mol. The Hall–Kier alpha value is -1.35. The number of rotatable bonds is 6. The van der Waals surface area contributed by atoms with E-state index in [9.17, 15) is 4.79 Å². The van der Waals surface area contributed by atoms with Crippen LogP contribution in [0.3, 0.4) is 0 Å². The van der Waals surface area contributed by atoms with Crippen molar-refractivity contribution in [3.05, 3.63) is 35.4 Å². The Kier molecular flexibility index (Phi) is 5.80. The summed E-state index contributed by atoms with van der Waals surface area (Å²) in [5.41, 5.74) is 2.57. The number of carbonyl (C=O) groups is 1. The molecule has 0 unspecified atom stereocenters. The smallest absolute Gasteiger partial charge is 0.222 e. The van der Waals surface area contributed by atoms with Crippen molar-refractivity contribution >= 4 is 5.91 Å². The van der Waals surface area contributed by atoms with Gasteiger partial charge in [-0.15, -0.1) is 0 Å². The largest absolute Gasteiger partial charge is 0.352 e. The molecule has 0 heterocycles.